The van der Waals surface area contributed by atoms with Crippen molar-refractivity contribution in [1.29, 1.82) is 0 Å². The van der Waals surface area contributed by atoms with E-state index in [1.54, 1.807) is 0 Å². The van der Waals surface area contributed by atoms with Crippen molar-refractivity contribution < 1.29 is 0 Å². The van der Waals surface area contributed by atoms with Crippen molar-refractivity contribution in [3.63, 3.8) is 0 Å². The molecular formula is C9H13N2. The maximum Gasteiger partial charge on any atom is 0.0295 e. The lowest BCUT2D eigenvalue weighted by molar-refractivity contribution is 0.904. The fourth-order valence-corrected chi connectivity index (χ4v) is 0.901. The van der Waals surface area contributed by atoms with Crippen LogP contribution in [-0.2, 0) is 6.54 Å². The standard InChI is InChI=1S/C9H13N2/c1-7(11)9-4-2-8(6-10)3-5-9/h2-5,7H,1,6,10-11H2/t7-/m0/s1. The Bertz CT molecular complexity index is 214. The molecule has 0 spiro atoms. The summed E-state index contributed by atoms with van der Waals surface area (Å²) in [4.78, 5) is 0. The molecule has 1 aromatic carbocycles. The van der Waals surface area contributed by atoms with E-state index in [2.05, 4.69) is 6.92 Å². The predicted molar refractivity (Wildman–Crippen MR) is 46.6 cm³/mol. The summed E-state index contributed by atoms with van der Waals surface area (Å²) >= 11 is 0. The van der Waals surface area contributed by atoms with Gasteiger partial charge in [-0.05, 0) is 18.1 Å². The highest BCUT2D eigenvalue weighted by molar-refractivity contribution is 5.25. The zero-order valence-electron chi connectivity index (χ0n) is 6.46. The van der Waals surface area contributed by atoms with E-state index in [0.717, 1.165) is 11.1 Å². The van der Waals surface area contributed by atoms with Gasteiger partial charge in [0, 0.05) is 12.6 Å². The van der Waals surface area contributed by atoms with Crippen LogP contribution in [0, 0.1) is 6.92 Å². The first-order valence-corrected chi connectivity index (χ1v) is 3.61. The first kappa shape index (κ1) is 8.24. The molecule has 4 N–H and O–H groups in total. The van der Waals surface area contributed by atoms with Crippen molar-refractivity contribution in [2.75, 3.05) is 0 Å². The molecule has 0 fully saturated rings. The summed E-state index contributed by atoms with van der Waals surface area (Å²) < 4.78 is 0. The number of nitrogens with two attached hydrogens (primary N) is 2. The molecule has 0 bridgehead atoms. The molecule has 59 valence electrons. The normalized spacial score (nSPS) is 13.0. The molecule has 0 aliphatic heterocycles. The van der Waals surface area contributed by atoms with Gasteiger partial charge in [0.05, 0.1) is 0 Å². The lowest BCUT2D eigenvalue weighted by Gasteiger charge is -2.04. The van der Waals surface area contributed by atoms with Crippen LogP contribution in [-0.4, -0.2) is 0 Å². The molecule has 2 heteroatoms. The second kappa shape index (κ2) is 3.51. The van der Waals surface area contributed by atoms with Crippen LogP contribution in [0.2, 0.25) is 0 Å². The Balaban J connectivity index is 2.83. The number of hydrogen-bond donors (Lipinski definition) is 2. The lowest BCUT2D eigenvalue weighted by Crippen LogP contribution is -2.05. The van der Waals surface area contributed by atoms with Crippen LogP contribution >= 0.6 is 0 Å². The van der Waals surface area contributed by atoms with Crippen LogP contribution in [0.1, 0.15) is 17.2 Å². The van der Waals surface area contributed by atoms with Crippen LogP contribution < -0.4 is 11.5 Å². The Hall–Kier alpha value is -0.860. The van der Waals surface area contributed by atoms with E-state index >= 15 is 0 Å². The van der Waals surface area contributed by atoms with E-state index in [1.165, 1.54) is 0 Å². The molecule has 0 saturated carbocycles. The molecule has 1 atom stereocenters. The maximum absolute atomic E-state index is 5.56. The first-order valence-electron chi connectivity index (χ1n) is 3.61. The molecule has 0 unspecified atom stereocenters. The van der Waals surface area contributed by atoms with Crippen molar-refractivity contribution in [2.24, 2.45) is 11.5 Å². The largest absolute Gasteiger partial charge is 0.326 e. The lowest BCUT2D eigenvalue weighted by atomic mass is 10.1. The summed E-state index contributed by atoms with van der Waals surface area (Å²) in [6, 6.07) is 7.72. The van der Waals surface area contributed by atoms with Gasteiger partial charge in [0.15, 0.2) is 0 Å². The summed E-state index contributed by atoms with van der Waals surface area (Å²) in [6.45, 7) is 4.29. The molecule has 1 rings (SSSR count). The zero-order chi connectivity index (χ0) is 8.27. The molecule has 11 heavy (non-hydrogen) atoms. The summed E-state index contributed by atoms with van der Waals surface area (Å²) in [7, 11) is 0. The minimum Gasteiger partial charge on any atom is -0.326 e. The molecule has 0 aliphatic carbocycles. The Labute approximate surface area is 67.2 Å². The monoisotopic (exact) mass is 149 g/mol. The Kier molecular flexibility index (Phi) is 2.63. The maximum atomic E-state index is 5.56. The van der Waals surface area contributed by atoms with Crippen molar-refractivity contribution in [3.8, 4) is 0 Å². The predicted octanol–water partition coefficient (Wildman–Crippen LogP) is 0.979. The van der Waals surface area contributed by atoms with Gasteiger partial charge in [-0.25, -0.2) is 0 Å². The highest BCUT2D eigenvalue weighted by Gasteiger charge is 1.97. The van der Waals surface area contributed by atoms with Gasteiger partial charge in [-0.2, -0.15) is 0 Å². The number of benzene rings is 1. The summed E-state index contributed by atoms with van der Waals surface area (Å²) in [6.07, 6.45) is 0. The van der Waals surface area contributed by atoms with Gasteiger partial charge in [-0.1, -0.05) is 24.3 Å². The average molecular weight is 149 g/mol. The van der Waals surface area contributed by atoms with Crippen molar-refractivity contribution in [1.82, 2.24) is 0 Å². The molecule has 1 aromatic rings. The van der Waals surface area contributed by atoms with Crippen molar-refractivity contribution in [2.45, 2.75) is 12.6 Å². The van der Waals surface area contributed by atoms with Crippen LogP contribution in [0.3, 0.4) is 0 Å². The smallest absolute Gasteiger partial charge is 0.0295 e. The topological polar surface area (TPSA) is 52.0 Å². The van der Waals surface area contributed by atoms with Gasteiger partial charge < -0.3 is 11.5 Å². The summed E-state index contributed by atoms with van der Waals surface area (Å²) in [5.41, 5.74) is 13.2. The fourth-order valence-electron chi connectivity index (χ4n) is 0.901. The van der Waals surface area contributed by atoms with E-state index in [1.807, 2.05) is 24.3 Å². The number of hydrogen-bond acceptors (Lipinski definition) is 2. The van der Waals surface area contributed by atoms with E-state index in [-0.39, 0.29) is 6.04 Å². The minimum atomic E-state index is -0.137. The molecule has 1 radical (unpaired) electrons. The van der Waals surface area contributed by atoms with Gasteiger partial charge in [0.1, 0.15) is 0 Å². The molecular weight excluding hydrogens is 136 g/mol. The third-order valence-electron chi connectivity index (χ3n) is 1.64. The van der Waals surface area contributed by atoms with Gasteiger partial charge in [0.25, 0.3) is 0 Å². The van der Waals surface area contributed by atoms with E-state index in [0.29, 0.717) is 6.54 Å². The van der Waals surface area contributed by atoms with Crippen LogP contribution in [0.15, 0.2) is 24.3 Å². The zero-order valence-corrected chi connectivity index (χ0v) is 6.46. The van der Waals surface area contributed by atoms with Crippen LogP contribution in [0.25, 0.3) is 0 Å². The SMILES string of the molecule is [CH2][C@H](N)c1ccc(CN)cc1. The van der Waals surface area contributed by atoms with Gasteiger partial charge in [-0.3, -0.25) is 0 Å². The van der Waals surface area contributed by atoms with Gasteiger partial charge in [-0.15, -0.1) is 0 Å². The second-order valence-corrected chi connectivity index (χ2v) is 2.55. The van der Waals surface area contributed by atoms with Gasteiger partial charge in [0.2, 0.25) is 0 Å². The number of rotatable bonds is 2. The molecule has 0 aromatic heterocycles. The minimum absolute atomic E-state index is 0.137. The Morgan fingerprint density at radius 1 is 1.27 bits per heavy atom. The quantitative estimate of drug-likeness (QED) is 0.658. The highest BCUT2D eigenvalue weighted by atomic mass is 14.6. The van der Waals surface area contributed by atoms with Crippen molar-refractivity contribution >= 4 is 0 Å². The van der Waals surface area contributed by atoms with Crippen LogP contribution in [0.5, 0.6) is 0 Å². The van der Waals surface area contributed by atoms with E-state index in [4.69, 9.17) is 11.5 Å². The van der Waals surface area contributed by atoms with E-state index in [9.17, 15) is 0 Å². The summed E-state index contributed by atoms with van der Waals surface area (Å²) in [5, 5.41) is 0. The Morgan fingerprint density at radius 3 is 2.18 bits per heavy atom. The molecule has 0 amide bonds. The van der Waals surface area contributed by atoms with Gasteiger partial charge >= 0.3 is 0 Å². The Morgan fingerprint density at radius 2 is 1.82 bits per heavy atom. The summed E-state index contributed by atoms with van der Waals surface area (Å²) in [5.74, 6) is 0. The molecule has 0 aliphatic rings. The first-order chi connectivity index (χ1) is 5.24. The molecule has 0 heterocycles. The highest BCUT2D eigenvalue weighted by Crippen LogP contribution is 2.09. The van der Waals surface area contributed by atoms with Crippen LogP contribution in [0.4, 0.5) is 0 Å². The molecule has 2 nitrogen and oxygen atoms in total. The third-order valence-corrected chi connectivity index (χ3v) is 1.64. The van der Waals surface area contributed by atoms with Crippen molar-refractivity contribution in [3.05, 3.63) is 42.3 Å². The fraction of sp³-hybridized carbons (Fsp3) is 0.222. The average Bonchev–Trinajstić information content (AvgIpc) is 2.05. The van der Waals surface area contributed by atoms with E-state index < -0.39 is 0 Å². The second-order valence-electron chi connectivity index (χ2n) is 2.55. The molecule has 0 saturated heterocycles. The third kappa shape index (κ3) is 2.03.